The van der Waals surface area contributed by atoms with Gasteiger partial charge in [-0.2, -0.15) is 0 Å². The Balaban J connectivity index is 1.38. The summed E-state index contributed by atoms with van der Waals surface area (Å²) < 4.78 is 6.16. The van der Waals surface area contributed by atoms with Gasteiger partial charge >= 0.3 is 0 Å². The highest BCUT2D eigenvalue weighted by molar-refractivity contribution is 6.64. The minimum Gasteiger partial charge on any atom is -0.456 e. The van der Waals surface area contributed by atoms with Crippen molar-refractivity contribution in [3.63, 3.8) is 0 Å². The van der Waals surface area contributed by atoms with Crippen LogP contribution in [-0.2, 0) is 0 Å². The van der Waals surface area contributed by atoms with Crippen LogP contribution in [0.4, 0.5) is 0 Å². The maximum absolute atomic E-state index is 6.48. The summed E-state index contributed by atoms with van der Waals surface area (Å²) in [5.74, 6) is 0. The Morgan fingerprint density at radius 2 is 1.36 bits per heavy atom. The van der Waals surface area contributed by atoms with E-state index in [0.29, 0.717) is 5.29 Å². The number of hydrogen-bond donors (Lipinski definition) is 2. The first kappa shape index (κ1) is 21.2. The van der Waals surface area contributed by atoms with Crippen LogP contribution < -0.4 is 10.6 Å². The number of rotatable bonds is 3. The van der Waals surface area contributed by atoms with Crippen LogP contribution in [0, 0.1) is 0 Å². The average molecular weight is 488 g/mol. The largest absolute Gasteiger partial charge is 0.456 e. The molecule has 5 heteroatoms. The molecule has 0 fully saturated rings. The summed E-state index contributed by atoms with van der Waals surface area (Å²) in [7, 11) is 0. The second kappa shape index (κ2) is 8.52. The molecule has 2 N–H and O–H groups in total. The summed E-state index contributed by atoms with van der Waals surface area (Å²) in [5.41, 5.74) is 6.31. The third kappa shape index (κ3) is 3.46. The molecule has 1 aliphatic rings. The van der Waals surface area contributed by atoms with E-state index in [-0.39, 0.29) is 12.3 Å². The minimum absolute atomic E-state index is 0.190. The van der Waals surface area contributed by atoms with Crippen molar-refractivity contribution < 1.29 is 4.42 Å². The van der Waals surface area contributed by atoms with Gasteiger partial charge in [-0.15, -0.1) is 0 Å². The second-order valence-corrected chi connectivity index (χ2v) is 9.36. The number of aliphatic imine (C=N–C) groups is 1. The van der Waals surface area contributed by atoms with E-state index in [4.69, 9.17) is 16.0 Å². The summed E-state index contributed by atoms with van der Waals surface area (Å²) in [4.78, 5) is 4.58. The zero-order valence-corrected chi connectivity index (χ0v) is 20.0. The van der Waals surface area contributed by atoms with Gasteiger partial charge in [0.05, 0.1) is 0 Å². The van der Waals surface area contributed by atoms with Crippen molar-refractivity contribution in [2.24, 2.45) is 4.99 Å². The van der Waals surface area contributed by atoms with Crippen LogP contribution in [0.25, 0.3) is 43.8 Å². The first-order valence-corrected chi connectivity index (χ1v) is 12.4. The van der Waals surface area contributed by atoms with Crippen molar-refractivity contribution in [1.82, 2.24) is 10.6 Å². The van der Waals surface area contributed by atoms with E-state index in [1.165, 1.54) is 10.9 Å². The fourth-order valence-electron chi connectivity index (χ4n) is 5.29. The van der Waals surface area contributed by atoms with Crippen LogP contribution in [0.2, 0.25) is 0 Å². The lowest BCUT2D eigenvalue weighted by Crippen LogP contribution is -2.42. The van der Waals surface area contributed by atoms with Gasteiger partial charge in [0.15, 0.2) is 5.29 Å². The molecule has 2 atom stereocenters. The van der Waals surface area contributed by atoms with E-state index >= 15 is 0 Å². The van der Waals surface area contributed by atoms with Gasteiger partial charge in [0, 0.05) is 10.8 Å². The van der Waals surface area contributed by atoms with E-state index in [1.54, 1.807) is 0 Å². The van der Waals surface area contributed by atoms with Gasteiger partial charge in [-0.1, -0.05) is 97.1 Å². The first-order valence-electron chi connectivity index (χ1n) is 12.0. The molecule has 5 aromatic carbocycles. The normalized spacial score (nSPS) is 17.9. The van der Waals surface area contributed by atoms with Crippen LogP contribution in [0.3, 0.4) is 0 Å². The summed E-state index contributed by atoms with van der Waals surface area (Å²) in [6.07, 6.45) is -0.417. The smallest absolute Gasteiger partial charge is 0.194 e. The van der Waals surface area contributed by atoms with Gasteiger partial charge in [0.25, 0.3) is 0 Å². The van der Waals surface area contributed by atoms with E-state index < -0.39 is 0 Å². The number of nitrogens with one attached hydrogen (secondary N) is 2. The van der Waals surface area contributed by atoms with Gasteiger partial charge in [-0.3, -0.25) is 5.32 Å². The van der Waals surface area contributed by atoms with Crippen molar-refractivity contribution in [2.75, 3.05) is 0 Å². The van der Waals surface area contributed by atoms with Gasteiger partial charge in [0.1, 0.15) is 23.5 Å². The standard InChI is InChI=1S/C31H22ClN3O/c32-31-34-29(19-9-2-1-3-10-19)33-30(35-31)24-18-17-22(20-11-4-5-12-21(20)24)23-14-8-16-27-28(23)25-13-6-7-15-26(25)36-27/h1-18,29-30,33H,(H,34,35). The molecule has 0 amide bonds. The number of amidine groups is 1. The zero-order valence-electron chi connectivity index (χ0n) is 19.3. The van der Waals surface area contributed by atoms with Gasteiger partial charge in [-0.05, 0) is 56.8 Å². The number of nitrogens with zero attached hydrogens (tertiary/aromatic N) is 1. The molecule has 174 valence electrons. The summed E-state index contributed by atoms with van der Waals surface area (Å²) in [6, 6.07) is 37.6. The predicted molar refractivity (Wildman–Crippen MR) is 148 cm³/mol. The quantitative estimate of drug-likeness (QED) is 0.249. The molecule has 0 radical (unpaired) electrons. The molecule has 1 aliphatic heterocycles. The molecule has 36 heavy (non-hydrogen) atoms. The summed E-state index contributed by atoms with van der Waals surface area (Å²) >= 11 is 6.48. The Kier molecular flexibility index (Phi) is 5.01. The molecule has 0 bridgehead atoms. The maximum Gasteiger partial charge on any atom is 0.194 e. The van der Waals surface area contributed by atoms with Crippen LogP contribution in [0.5, 0.6) is 0 Å². The Morgan fingerprint density at radius 3 is 2.22 bits per heavy atom. The molecule has 4 nitrogen and oxygen atoms in total. The lowest BCUT2D eigenvalue weighted by Gasteiger charge is -2.31. The molecule has 2 heterocycles. The summed E-state index contributed by atoms with van der Waals surface area (Å²) in [6.45, 7) is 0. The van der Waals surface area contributed by atoms with Crippen molar-refractivity contribution in [3.05, 3.63) is 120 Å². The van der Waals surface area contributed by atoms with Crippen LogP contribution >= 0.6 is 11.6 Å². The average Bonchev–Trinajstić information content (AvgIpc) is 3.32. The number of benzene rings is 5. The number of furan rings is 1. The first-order chi connectivity index (χ1) is 17.8. The SMILES string of the molecule is ClC1=NC(c2ccccc2)NC(c2ccc(-c3cccc4oc5ccccc5c34)c3ccccc23)N1. The number of fused-ring (bicyclic) bond motifs is 4. The van der Waals surface area contributed by atoms with Gasteiger partial charge in [0.2, 0.25) is 0 Å². The van der Waals surface area contributed by atoms with Crippen LogP contribution in [-0.4, -0.2) is 5.29 Å². The van der Waals surface area contributed by atoms with E-state index in [9.17, 15) is 0 Å². The fraction of sp³-hybridized carbons (Fsp3) is 0.0645. The summed E-state index contributed by atoms with van der Waals surface area (Å²) in [5, 5.41) is 11.9. The minimum atomic E-state index is -0.227. The second-order valence-electron chi connectivity index (χ2n) is 9.00. The van der Waals surface area contributed by atoms with Crippen LogP contribution in [0.1, 0.15) is 23.5 Å². The molecular formula is C31H22ClN3O. The van der Waals surface area contributed by atoms with Crippen LogP contribution in [0.15, 0.2) is 119 Å². The zero-order chi connectivity index (χ0) is 24.1. The van der Waals surface area contributed by atoms with Crippen molar-refractivity contribution in [3.8, 4) is 11.1 Å². The lowest BCUT2D eigenvalue weighted by atomic mass is 9.91. The molecule has 0 saturated heterocycles. The van der Waals surface area contributed by atoms with E-state index in [1.807, 2.05) is 36.4 Å². The Labute approximate surface area is 213 Å². The maximum atomic E-state index is 6.48. The van der Waals surface area contributed by atoms with Gasteiger partial charge < -0.3 is 9.73 Å². The highest BCUT2D eigenvalue weighted by Gasteiger charge is 2.26. The third-order valence-corrected chi connectivity index (χ3v) is 7.11. The molecule has 2 unspecified atom stereocenters. The number of hydrogen-bond acceptors (Lipinski definition) is 4. The molecule has 1 aromatic heterocycles. The lowest BCUT2D eigenvalue weighted by molar-refractivity contribution is 0.414. The fourth-order valence-corrected chi connectivity index (χ4v) is 5.49. The third-order valence-electron chi connectivity index (χ3n) is 6.91. The molecule has 0 saturated carbocycles. The predicted octanol–water partition coefficient (Wildman–Crippen LogP) is 7.89. The molecule has 7 rings (SSSR count). The van der Waals surface area contributed by atoms with E-state index in [2.05, 4.69) is 88.4 Å². The molecule has 0 aliphatic carbocycles. The van der Waals surface area contributed by atoms with Crippen molar-refractivity contribution in [1.29, 1.82) is 0 Å². The monoisotopic (exact) mass is 487 g/mol. The molecule has 0 spiro atoms. The van der Waals surface area contributed by atoms with Gasteiger partial charge in [-0.25, -0.2) is 4.99 Å². The Bertz CT molecular complexity index is 1770. The number of halogens is 1. The van der Waals surface area contributed by atoms with E-state index in [0.717, 1.165) is 44.0 Å². The topological polar surface area (TPSA) is 49.6 Å². The number of para-hydroxylation sites is 1. The molecule has 6 aromatic rings. The Morgan fingerprint density at radius 1 is 0.639 bits per heavy atom. The van der Waals surface area contributed by atoms with Crippen molar-refractivity contribution in [2.45, 2.75) is 12.3 Å². The van der Waals surface area contributed by atoms with Crippen molar-refractivity contribution >= 4 is 49.6 Å². The Hall–Kier alpha value is -4.12. The highest BCUT2D eigenvalue weighted by Crippen LogP contribution is 2.40. The molecular weight excluding hydrogens is 466 g/mol. The highest BCUT2D eigenvalue weighted by atomic mass is 35.5.